The molecule has 0 saturated carbocycles. The number of nitrogens with one attached hydrogen (secondary N) is 2. The van der Waals surface area contributed by atoms with Crippen molar-refractivity contribution in [3.05, 3.63) is 59.7 Å². The van der Waals surface area contributed by atoms with Crippen molar-refractivity contribution in [3.8, 4) is 5.75 Å². The van der Waals surface area contributed by atoms with Gasteiger partial charge in [-0.3, -0.25) is 0 Å². The van der Waals surface area contributed by atoms with Gasteiger partial charge in [0.2, 0.25) is 5.82 Å². The molecule has 0 aliphatic heterocycles. The lowest BCUT2D eigenvalue weighted by Gasteiger charge is -2.11. The van der Waals surface area contributed by atoms with Crippen molar-refractivity contribution in [2.45, 2.75) is 13.5 Å². The third-order valence-electron chi connectivity index (χ3n) is 2.65. The van der Waals surface area contributed by atoms with E-state index in [2.05, 4.69) is 10.9 Å². The first-order valence-corrected chi connectivity index (χ1v) is 6.35. The van der Waals surface area contributed by atoms with Gasteiger partial charge in [0.05, 0.1) is 6.61 Å². The molecule has 20 heavy (non-hydrogen) atoms. The van der Waals surface area contributed by atoms with E-state index in [1.165, 1.54) is 6.07 Å². The van der Waals surface area contributed by atoms with Crippen LogP contribution in [0.5, 0.6) is 5.75 Å². The van der Waals surface area contributed by atoms with Crippen molar-refractivity contribution in [1.82, 2.24) is 5.43 Å². The predicted octanol–water partition coefficient (Wildman–Crippen LogP) is 3.48. The summed E-state index contributed by atoms with van der Waals surface area (Å²) in [5.74, 6) is -1.93. The summed E-state index contributed by atoms with van der Waals surface area (Å²) in [6, 6.07) is 12.1. The molecule has 2 aromatic rings. The van der Waals surface area contributed by atoms with E-state index in [1.54, 1.807) is 6.92 Å². The number of rotatable bonds is 6. The van der Waals surface area contributed by atoms with Crippen molar-refractivity contribution in [1.29, 1.82) is 0 Å². The maximum absolute atomic E-state index is 13.4. The molecule has 2 aromatic carbocycles. The molecular formula is C15H16F2N2O. The van der Waals surface area contributed by atoms with E-state index in [-0.39, 0.29) is 12.4 Å². The van der Waals surface area contributed by atoms with Crippen LogP contribution in [0.2, 0.25) is 0 Å². The number of halogens is 2. The zero-order valence-corrected chi connectivity index (χ0v) is 11.1. The summed E-state index contributed by atoms with van der Waals surface area (Å²) >= 11 is 0. The SMILES string of the molecule is CCOc1cc(CNNc2ccccc2)cc(F)c1F. The molecule has 2 rings (SSSR count). The van der Waals surface area contributed by atoms with Crippen LogP contribution in [0.25, 0.3) is 0 Å². The first-order chi connectivity index (χ1) is 9.70. The summed E-state index contributed by atoms with van der Waals surface area (Å²) in [6.45, 7) is 2.35. The molecule has 106 valence electrons. The molecular weight excluding hydrogens is 262 g/mol. The topological polar surface area (TPSA) is 33.3 Å². The van der Waals surface area contributed by atoms with Crippen molar-refractivity contribution in [3.63, 3.8) is 0 Å². The summed E-state index contributed by atoms with van der Waals surface area (Å²) < 4.78 is 31.9. The Morgan fingerprint density at radius 3 is 2.55 bits per heavy atom. The van der Waals surface area contributed by atoms with Gasteiger partial charge in [-0.2, -0.15) is 4.39 Å². The molecule has 0 bridgehead atoms. The normalized spacial score (nSPS) is 10.3. The molecule has 0 aliphatic carbocycles. The van der Waals surface area contributed by atoms with Gasteiger partial charge in [0.1, 0.15) is 0 Å². The number of benzene rings is 2. The van der Waals surface area contributed by atoms with Gasteiger partial charge in [0.15, 0.2) is 11.6 Å². The number of para-hydroxylation sites is 1. The molecule has 0 heterocycles. The Balaban J connectivity index is 1.99. The Morgan fingerprint density at radius 1 is 1.10 bits per heavy atom. The first kappa shape index (κ1) is 14.3. The Morgan fingerprint density at radius 2 is 1.85 bits per heavy atom. The third-order valence-corrected chi connectivity index (χ3v) is 2.65. The quantitative estimate of drug-likeness (QED) is 0.794. The highest BCUT2D eigenvalue weighted by molar-refractivity contribution is 5.41. The van der Waals surface area contributed by atoms with Gasteiger partial charge in [0.25, 0.3) is 0 Å². The highest BCUT2D eigenvalue weighted by Crippen LogP contribution is 2.22. The number of hydrazine groups is 1. The standard InChI is InChI=1S/C15H16F2N2O/c1-2-20-14-9-11(8-13(16)15(14)17)10-18-19-12-6-4-3-5-7-12/h3-9,18-19H,2,10H2,1H3. The van der Waals surface area contributed by atoms with Crippen LogP contribution in [0.15, 0.2) is 42.5 Å². The van der Waals surface area contributed by atoms with Gasteiger partial charge >= 0.3 is 0 Å². The van der Waals surface area contributed by atoms with Crippen LogP contribution in [0.4, 0.5) is 14.5 Å². The predicted molar refractivity (Wildman–Crippen MR) is 74.4 cm³/mol. The van der Waals surface area contributed by atoms with Crippen molar-refractivity contribution in [2.24, 2.45) is 0 Å². The van der Waals surface area contributed by atoms with Gasteiger partial charge in [0, 0.05) is 12.2 Å². The first-order valence-electron chi connectivity index (χ1n) is 6.35. The van der Waals surface area contributed by atoms with Crippen molar-refractivity contribution < 1.29 is 13.5 Å². The minimum atomic E-state index is -0.952. The molecule has 0 spiro atoms. The Hall–Kier alpha value is -2.14. The molecule has 0 amide bonds. The molecule has 0 unspecified atom stereocenters. The lowest BCUT2D eigenvalue weighted by molar-refractivity contribution is 0.313. The highest BCUT2D eigenvalue weighted by Gasteiger charge is 2.11. The summed E-state index contributed by atoms with van der Waals surface area (Å²) in [5, 5.41) is 0. The number of hydrogen-bond donors (Lipinski definition) is 2. The van der Waals surface area contributed by atoms with Gasteiger partial charge in [-0.1, -0.05) is 18.2 Å². The fourth-order valence-electron chi connectivity index (χ4n) is 1.75. The summed E-state index contributed by atoms with van der Waals surface area (Å²) in [4.78, 5) is 0. The number of ether oxygens (including phenoxy) is 1. The fraction of sp³-hybridized carbons (Fsp3) is 0.200. The molecule has 3 nitrogen and oxygen atoms in total. The van der Waals surface area contributed by atoms with E-state index >= 15 is 0 Å². The van der Waals surface area contributed by atoms with E-state index in [9.17, 15) is 8.78 Å². The molecule has 0 radical (unpaired) electrons. The van der Waals surface area contributed by atoms with Gasteiger partial charge in [-0.25, -0.2) is 9.82 Å². The Bertz CT molecular complexity index is 561. The maximum Gasteiger partial charge on any atom is 0.200 e. The smallest absolute Gasteiger partial charge is 0.200 e. The van der Waals surface area contributed by atoms with Crippen LogP contribution in [-0.4, -0.2) is 6.61 Å². The van der Waals surface area contributed by atoms with Gasteiger partial charge in [-0.15, -0.1) is 0 Å². The Labute approximate surface area is 116 Å². The average Bonchev–Trinajstić information content (AvgIpc) is 2.45. The second-order valence-electron chi connectivity index (χ2n) is 4.17. The summed E-state index contributed by atoms with van der Waals surface area (Å²) in [5.41, 5.74) is 7.39. The maximum atomic E-state index is 13.4. The van der Waals surface area contributed by atoms with E-state index in [0.29, 0.717) is 12.1 Å². The van der Waals surface area contributed by atoms with Crippen LogP contribution in [-0.2, 0) is 6.54 Å². The largest absolute Gasteiger partial charge is 0.491 e. The van der Waals surface area contributed by atoms with Gasteiger partial charge < -0.3 is 10.2 Å². The molecule has 0 saturated heterocycles. The van der Waals surface area contributed by atoms with Crippen LogP contribution in [0, 0.1) is 11.6 Å². The lowest BCUT2D eigenvalue weighted by atomic mass is 10.2. The van der Waals surface area contributed by atoms with Crippen molar-refractivity contribution >= 4 is 5.69 Å². The van der Waals surface area contributed by atoms with E-state index in [4.69, 9.17) is 4.74 Å². The molecule has 0 aliphatic rings. The molecule has 0 aromatic heterocycles. The lowest BCUT2D eigenvalue weighted by Crippen LogP contribution is -2.21. The fourth-order valence-corrected chi connectivity index (χ4v) is 1.75. The molecule has 5 heteroatoms. The van der Waals surface area contributed by atoms with Crippen LogP contribution < -0.4 is 15.6 Å². The van der Waals surface area contributed by atoms with E-state index in [1.807, 2.05) is 30.3 Å². The molecule has 2 N–H and O–H groups in total. The van der Waals surface area contributed by atoms with Crippen LogP contribution in [0.1, 0.15) is 12.5 Å². The minimum Gasteiger partial charge on any atom is -0.491 e. The Kier molecular flexibility index (Phi) is 4.90. The zero-order chi connectivity index (χ0) is 14.4. The minimum absolute atomic E-state index is 0.0657. The second kappa shape index (κ2) is 6.86. The average molecular weight is 278 g/mol. The van der Waals surface area contributed by atoms with E-state index < -0.39 is 11.6 Å². The second-order valence-corrected chi connectivity index (χ2v) is 4.17. The zero-order valence-electron chi connectivity index (χ0n) is 11.1. The third kappa shape index (κ3) is 3.68. The van der Waals surface area contributed by atoms with Crippen LogP contribution in [0.3, 0.4) is 0 Å². The number of hydrogen-bond acceptors (Lipinski definition) is 3. The van der Waals surface area contributed by atoms with Crippen molar-refractivity contribution in [2.75, 3.05) is 12.0 Å². The van der Waals surface area contributed by atoms with Crippen LogP contribution >= 0.6 is 0 Å². The van der Waals surface area contributed by atoms with E-state index in [0.717, 1.165) is 11.8 Å². The summed E-state index contributed by atoms with van der Waals surface area (Å²) in [7, 11) is 0. The number of anilines is 1. The molecule has 0 atom stereocenters. The summed E-state index contributed by atoms with van der Waals surface area (Å²) in [6.07, 6.45) is 0. The molecule has 0 fully saturated rings. The van der Waals surface area contributed by atoms with Gasteiger partial charge in [-0.05, 0) is 36.8 Å². The monoisotopic (exact) mass is 278 g/mol. The highest BCUT2D eigenvalue weighted by atomic mass is 19.2.